The molecule has 1 saturated heterocycles. The molecule has 41 heavy (non-hydrogen) atoms. The first kappa shape index (κ1) is 28.2. The number of aromatic nitrogens is 5. The molecule has 0 spiro atoms. The molecule has 4 aromatic rings. The number of amides is 2. The average Bonchev–Trinajstić information content (AvgIpc) is 3.66. The molecular weight excluding hydrogens is 534 g/mol. The highest BCUT2D eigenvalue weighted by molar-refractivity contribution is 5.90. The van der Waals surface area contributed by atoms with Crippen LogP contribution in [0.15, 0.2) is 54.9 Å². The lowest BCUT2D eigenvalue weighted by atomic mass is 9.94. The lowest BCUT2D eigenvalue weighted by Crippen LogP contribution is -2.42. The number of para-hydroxylation sites is 1. The first-order valence-electron chi connectivity index (χ1n) is 13.2. The molecule has 0 saturated carbocycles. The van der Waals surface area contributed by atoms with Gasteiger partial charge in [0.1, 0.15) is 12.1 Å². The van der Waals surface area contributed by atoms with Crippen LogP contribution in [0.4, 0.5) is 19.4 Å². The molecule has 2 amide bonds. The Bertz CT molecular complexity index is 1490. The fourth-order valence-electron chi connectivity index (χ4n) is 4.93. The van der Waals surface area contributed by atoms with Crippen LogP contribution in [-0.4, -0.2) is 74.9 Å². The molecule has 0 aliphatic carbocycles. The van der Waals surface area contributed by atoms with Gasteiger partial charge in [-0.3, -0.25) is 14.9 Å². The summed E-state index contributed by atoms with van der Waals surface area (Å²) in [6.45, 7) is 4.13. The molecule has 13 heteroatoms. The van der Waals surface area contributed by atoms with E-state index in [1.165, 1.54) is 6.07 Å². The number of anilines is 1. The van der Waals surface area contributed by atoms with Crippen LogP contribution < -0.4 is 15.4 Å². The van der Waals surface area contributed by atoms with Crippen LogP contribution in [0.2, 0.25) is 0 Å². The second-order valence-electron chi connectivity index (χ2n) is 9.89. The number of benzene rings is 2. The zero-order valence-corrected chi connectivity index (χ0v) is 23.1. The predicted octanol–water partition coefficient (Wildman–Crippen LogP) is 3.40. The predicted molar refractivity (Wildman–Crippen MR) is 147 cm³/mol. The van der Waals surface area contributed by atoms with Gasteiger partial charge in [0.25, 0.3) is 0 Å². The third kappa shape index (κ3) is 6.52. The minimum absolute atomic E-state index is 0.106. The summed E-state index contributed by atoms with van der Waals surface area (Å²) in [5.41, 5.74) is 1.95. The zero-order chi connectivity index (χ0) is 28.9. The maximum Gasteiger partial charge on any atom is 0.320 e. The summed E-state index contributed by atoms with van der Waals surface area (Å²) in [7, 11) is 3.39. The number of urea groups is 1. The van der Waals surface area contributed by atoms with E-state index in [-0.39, 0.29) is 18.6 Å². The Balaban J connectivity index is 1.37. The highest BCUT2D eigenvalue weighted by atomic mass is 19.2. The number of rotatable bonds is 10. The van der Waals surface area contributed by atoms with Crippen molar-refractivity contribution >= 4 is 11.8 Å². The van der Waals surface area contributed by atoms with Crippen LogP contribution in [0.25, 0.3) is 5.69 Å². The molecule has 0 radical (unpaired) electrons. The molecule has 216 valence electrons. The highest BCUT2D eigenvalue weighted by Crippen LogP contribution is 2.31. The van der Waals surface area contributed by atoms with Crippen LogP contribution in [0.1, 0.15) is 22.9 Å². The maximum atomic E-state index is 14.1. The molecule has 2 N–H and O–H groups in total. The van der Waals surface area contributed by atoms with Crippen molar-refractivity contribution < 1.29 is 23.0 Å². The lowest BCUT2D eigenvalue weighted by Gasteiger charge is -2.21. The number of ether oxygens (including phenoxy) is 2. The standard InChI is InChI=1S/C28H32F2N8O3/c1-18-26(38(20-7-5-4-6-8-20)35-27(18)41-16-25-31-17-36(2)34-25)33-28(39)32-24-15-37(11-12-40-3)14-21(24)19-9-10-22(29)23(30)13-19/h4-10,13,17,21,24H,11-12,14-16H2,1-3H3,(H2,32,33,39)/t21-,24+/m0/s1. The quantitative estimate of drug-likeness (QED) is 0.303. The van der Waals surface area contributed by atoms with Crippen LogP contribution in [0, 0.1) is 18.6 Å². The number of methoxy groups -OCH3 is 1. The molecule has 1 aliphatic rings. The zero-order valence-electron chi connectivity index (χ0n) is 23.1. The molecule has 0 bridgehead atoms. The number of nitrogens with zero attached hydrogens (tertiary/aromatic N) is 6. The molecule has 2 aromatic carbocycles. The van der Waals surface area contributed by atoms with Crippen LogP contribution in [0.5, 0.6) is 5.88 Å². The Morgan fingerprint density at radius 3 is 2.61 bits per heavy atom. The average molecular weight is 567 g/mol. The summed E-state index contributed by atoms with van der Waals surface area (Å²) in [4.78, 5) is 19.7. The van der Waals surface area contributed by atoms with Crippen molar-refractivity contribution in [3.8, 4) is 11.6 Å². The molecule has 2 aromatic heterocycles. The van der Waals surface area contributed by atoms with Crippen molar-refractivity contribution in [2.75, 3.05) is 38.7 Å². The number of carbonyl (C=O) groups excluding carboxylic acids is 1. The summed E-state index contributed by atoms with van der Waals surface area (Å²) in [6.07, 6.45) is 1.58. The lowest BCUT2D eigenvalue weighted by molar-refractivity contribution is 0.159. The number of likely N-dealkylation sites (tertiary alicyclic amines) is 1. The van der Waals surface area contributed by atoms with Crippen molar-refractivity contribution in [1.82, 2.24) is 34.8 Å². The molecule has 0 unspecified atom stereocenters. The van der Waals surface area contributed by atoms with E-state index in [0.717, 1.165) is 11.8 Å². The Labute approximate surface area is 236 Å². The van der Waals surface area contributed by atoms with E-state index in [4.69, 9.17) is 9.47 Å². The van der Waals surface area contributed by atoms with Gasteiger partial charge in [-0.1, -0.05) is 24.3 Å². The molecule has 2 atom stereocenters. The Morgan fingerprint density at radius 1 is 1.10 bits per heavy atom. The number of halogens is 2. The third-order valence-corrected chi connectivity index (χ3v) is 6.99. The van der Waals surface area contributed by atoms with Crippen molar-refractivity contribution in [1.29, 1.82) is 0 Å². The van der Waals surface area contributed by atoms with E-state index in [1.807, 2.05) is 30.3 Å². The van der Waals surface area contributed by atoms with Crippen molar-refractivity contribution in [2.45, 2.75) is 25.5 Å². The van der Waals surface area contributed by atoms with Gasteiger partial charge < -0.3 is 14.8 Å². The van der Waals surface area contributed by atoms with E-state index in [2.05, 4.69) is 30.7 Å². The Kier molecular flexibility index (Phi) is 8.55. The first-order chi connectivity index (χ1) is 19.8. The van der Waals surface area contributed by atoms with E-state index in [1.54, 1.807) is 42.8 Å². The summed E-state index contributed by atoms with van der Waals surface area (Å²) < 4.78 is 42.0. The van der Waals surface area contributed by atoms with E-state index < -0.39 is 17.7 Å². The van der Waals surface area contributed by atoms with E-state index in [9.17, 15) is 13.6 Å². The van der Waals surface area contributed by atoms with Crippen molar-refractivity contribution in [3.05, 3.63) is 83.4 Å². The van der Waals surface area contributed by atoms with Crippen molar-refractivity contribution in [2.24, 2.45) is 7.05 Å². The number of carbonyl (C=O) groups is 1. The Hall–Kier alpha value is -4.36. The van der Waals surface area contributed by atoms with Gasteiger partial charge in [0.15, 0.2) is 24.1 Å². The van der Waals surface area contributed by atoms with Gasteiger partial charge >= 0.3 is 6.03 Å². The van der Waals surface area contributed by atoms with Gasteiger partial charge in [-0.2, -0.15) is 5.10 Å². The number of hydrogen-bond donors (Lipinski definition) is 2. The number of hydrogen-bond acceptors (Lipinski definition) is 7. The van der Waals surface area contributed by atoms with Gasteiger partial charge in [-0.05, 0) is 36.8 Å². The topological polar surface area (TPSA) is 111 Å². The number of nitrogens with one attached hydrogen (secondary N) is 2. The third-order valence-electron chi connectivity index (χ3n) is 6.99. The fraction of sp³-hybridized carbons (Fsp3) is 0.357. The van der Waals surface area contributed by atoms with Crippen LogP contribution >= 0.6 is 0 Å². The van der Waals surface area contributed by atoms with Crippen LogP contribution in [-0.2, 0) is 18.4 Å². The second kappa shape index (κ2) is 12.4. The second-order valence-corrected chi connectivity index (χ2v) is 9.89. The normalized spacial score (nSPS) is 17.1. The van der Waals surface area contributed by atoms with Gasteiger partial charge in [-0.25, -0.2) is 23.2 Å². The monoisotopic (exact) mass is 566 g/mol. The molecule has 1 aliphatic heterocycles. The van der Waals surface area contributed by atoms with Crippen LogP contribution in [0.3, 0.4) is 0 Å². The van der Waals surface area contributed by atoms with E-state index >= 15 is 0 Å². The maximum absolute atomic E-state index is 14.1. The summed E-state index contributed by atoms with van der Waals surface area (Å²) in [5, 5.41) is 14.8. The van der Waals surface area contributed by atoms with Gasteiger partial charge in [0.05, 0.1) is 23.9 Å². The Morgan fingerprint density at radius 2 is 1.90 bits per heavy atom. The first-order valence-corrected chi connectivity index (χ1v) is 13.2. The SMILES string of the molecule is COCCN1C[C@@H](NC(=O)Nc2c(C)c(OCc3ncn(C)n3)nn2-c2ccccc2)[C@H](c2ccc(F)c(F)c2)C1. The van der Waals surface area contributed by atoms with Gasteiger partial charge in [0, 0.05) is 39.7 Å². The van der Waals surface area contributed by atoms with Crippen molar-refractivity contribution in [3.63, 3.8) is 0 Å². The smallest absolute Gasteiger partial charge is 0.320 e. The molecular formula is C28H32F2N8O3. The minimum Gasteiger partial charge on any atom is -0.468 e. The molecule has 11 nitrogen and oxygen atoms in total. The summed E-state index contributed by atoms with van der Waals surface area (Å²) in [6, 6.07) is 12.4. The molecule has 5 rings (SSSR count). The van der Waals surface area contributed by atoms with Gasteiger partial charge in [-0.15, -0.1) is 5.10 Å². The molecule has 1 fully saturated rings. The summed E-state index contributed by atoms with van der Waals surface area (Å²) in [5.74, 6) is -0.837. The fourth-order valence-corrected chi connectivity index (χ4v) is 4.93. The molecule has 3 heterocycles. The largest absolute Gasteiger partial charge is 0.468 e. The van der Waals surface area contributed by atoms with Gasteiger partial charge in [0.2, 0.25) is 5.88 Å². The minimum atomic E-state index is -0.920. The highest BCUT2D eigenvalue weighted by Gasteiger charge is 2.35. The van der Waals surface area contributed by atoms with E-state index in [0.29, 0.717) is 54.9 Å². The summed E-state index contributed by atoms with van der Waals surface area (Å²) >= 11 is 0. The number of aryl methyl sites for hydroxylation is 1.